The molecule has 16 rings (SSSR count). The first-order chi connectivity index (χ1) is 63.2. The van der Waals surface area contributed by atoms with Crippen molar-refractivity contribution in [2.24, 2.45) is 0 Å². The molecule has 2 saturated carbocycles. The molecule has 0 radical (unpaired) electrons. The molecule has 0 spiro atoms. The van der Waals surface area contributed by atoms with E-state index in [0.717, 1.165) is 56.4 Å². The molecular weight excluding hydrogens is 1900 g/mol. The summed E-state index contributed by atoms with van der Waals surface area (Å²) >= 11 is 12.3. The van der Waals surface area contributed by atoms with E-state index in [1.807, 2.05) is 0 Å². The number of nitrogens with one attached hydrogen (secondary N) is 4. The minimum atomic E-state index is -1.05. The van der Waals surface area contributed by atoms with Crippen molar-refractivity contribution in [3.8, 4) is 23.3 Å². The second kappa shape index (κ2) is 45.8. The average molecular weight is 1990 g/mol. The van der Waals surface area contributed by atoms with Gasteiger partial charge in [0.25, 0.3) is 39.6 Å². The van der Waals surface area contributed by atoms with E-state index in [2.05, 4.69) is 97.9 Å². The standard InChI is InChI=1S/C29H33FN8O5.C19H26ClN5O4.C10H6BrFN2O.2C10H8FN3O.C5H4BrNO.C5H3F2N/c1-29(2,3)43-28(41)36(4)23-15-22(34-21-9-7-13-37(27(21)40)25-20(30)8-6-12-31-25)35-24-19(16-32-38(23)24)26(39)33-17-10-11-18(14-17)42-5;1-19(2,3)29-18(27)24(4)15-9-14(20)23-16-13(10-21-25(15)16)17(26)22-11-6-7-12(8-11)28-5;11-7-3-2-6-14(10(7)15)9-8(12)4-1-5-13-9;2*11-7-3-1-5-13-9(7)14-6-2-4-8(12)10(14)15;6-4-2-1-3-7-5(4)8;6-4-2-1-3-8-5(4)7/h6-9,12-13,15-18H,10-11,14H2,1-5H3,(H,33,39)(H,34,35);9-12H,6-8H2,1-5H3,(H,22,26);1-6H;2*1-6H,12H2;1-3H,(H,7,8);1-3H/t17?,18-;11?,12-;;;;;/m11...../s1. The molecule has 8 N–H and O–H groups in total. The Balaban J connectivity index is 0.000000175. The minimum absolute atomic E-state index is 0.00352. The topological polar surface area (TPSA) is 445 Å². The number of nitrogen functional groups attached to an aromatic ring is 2. The Kier molecular flexibility index (Phi) is 34.6. The lowest BCUT2D eigenvalue weighted by atomic mass is 10.2. The van der Waals surface area contributed by atoms with Crippen LogP contribution in [0.25, 0.3) is 34.6 Å². The van der Waals surface area contributed by atoms with Crippen LogP contribution in [-0.4, -0.2) is 165 Å². The van der Waals surface area contributed by atoms with E-state index in [1.54, 1.807) is 111 Å². The Hall–Kier alpha value is -14.6. The lowest BCUT2D eigenvalue weighted by Crippen LogP contribution is -2.35. The zero-order chi connectivity index (χ0) is 96.7. The van der Waals surface area contributed by atoms with Gasteiger partial charge in [0.2, 0.25) is 5.95 Å². The van der Waals surface area contributed by atoms with E-state index in [1.165, 1.54) is 179 Å². The number of pyridine rings is 10. The van der Waals surface area contributed by atoms with Crippen molar-refractivity contribution >= 4 is 113 Å². The largest absolute Gasteiger partial charge is 0.443 e. The van der Waals surface area contributed by atoms with E-state index in [-0.39, 0.29) is 127 Å². The van der Waals surface area contributed by atoms with E-state index in [4.69, 9.17) is 42.0 Å². The van der Waals surface area contributed by atoms with Gasteiger partial charge in [-0.1, -0.05) is 11.6 Å². The molecule has 2 aliphatic rings. The number of methoxy groups -OCH3 is 2. The van der Waals surface area contributed by atoms with Gasteiger partial charge in [0.15, 0.2) is 63.7 Å². The average Bonchev–Trinajstić information content (AvgIpc) is 1.58. The molecule has 45 heteroatoms. The quantitative estimate of drug-likeness (QED) is 0.0334. The van der Waals surface area contributed by atoms with Crippen LogP contribution >= 0.6 is 43.5 Å². The number of carbonyl (C=O) groups is 4. The molecule has 0 aliphatic heterocycles. The normalized spacial score (nSPS) is 14.2. The number of carbonyl (C=O) groups excluding carboxylic acids is 4. The van der Waals surface area contributed by atoms with E-state index in [9.17, 15) is 69.5 Å². The number of halogens is 9. The number of hydrogen-bond acceptors (Lipinski definition) is 25. The van der Waals surface area contributed by atoms with E-state index < -0.39 is 75.1 Å². The first-order valence-corrected chi connectivity index (χ1v) is 42.1. The number of H-pyrrole nitrogens is 1. The summed E-state index contributed by atoms with van der Waals surface area (Å²) in [6, 6.07) is 31.8. The molecule has 133 heavy (non-hydrogen) atoms. The third-order valence-corrected chi connectivity index (χ3v) is 20.3. The number of fused-ring (bicyclic) bond motifs is 2. The maximum absolute atomic E-state index is 14.4. The summed E-state index contributed by atoms with van der Waals surface area (Å²) in [5.41, 5.74) is 8.48. The fourth-order valence-electron chi connectivity index (χ4n) is 12.5. The lowest BCUT2D eigenvalue weighted by molar-refractivity contribution is 0.0577. The molecule has 0 aromatic carbocycles. The smallest absolute Gasteiger partial charge is 0.415 e. The number of anilines is 6. The molecule has 696 valence electrons. The fraction of sp³-hybridized carbons (Fsp3) is 0.250. The summed E-state index contributed by atoms with van der Waals surface area (Å²) in [5.74, 6) is -4.53. The number of nitrogens with zero attached hydrogens (tertiary/aromatic N) is 17. The monoisotopic (exact) mass is 1980 g/mol. The van der Waals surface area contributed by atoms with E-state index in [0.29, 0.717) is 21.2 Å². The summed E-state index contributed by atoms with van der Waals surface area (Å²) in [4.78, 5) is 142. The zero-order valence-electron chi connectivity index (χ0n) is 72.6. The highest BCUT2D eigenvalue weighted by molar-refractivity contribution is 9.10. The second-order valence-electron chi connectivity index (χ2n) is 30.7. The highest BCUT2D eigenvalue weighted by atomic mass is 79.9. The molecular formula is C88H88Br2ClF6N23O13. The van der Waals surface area contributed by atoms with Gasteiger partial charge < -0.3 is 51.3 Å². The number of hydrogen-bond donors (Lipinski definition) is 6. The summed E-state index contributed by atoms with van der Waals surface area (Å²) in [5, 5.41) is 17.7. The predicted octanol–water partition coefficient (Wildman–Crippen LogP) is 13.4. The summed E-state index contributed by atoms with van der Waals surface area (Å²) in [6.45, 7) is 10.6. The van der Waals surface area contributed by atoms with Crippen molar-refractivity contribution in [2.45, 2.75) is 116 Å². The molecule has 14 aromatic heterocycles. The first-order valence-electron chi connectivity index (χ1n) is 40.1. The molecule has 14 heterocycles. The van der Waals surface area contributed by atoms with Crippen LogP contribution in [0.4, 0.5) is 70.4 Å². The van der Waals surface area contributed by atoms with Gasteiger partial charge in [0.1, 0.15) is 50.6 Å². The van der Waals surface area contributed by atoms with E-state index >= 15 is 0 Å². The number of aromatic amines is 1. The third kappa shape index (κ3) is 26.8. The van der Waals surface area contributed by atoms with Crippen LogP contribution in [0.15, 0.2) is 241 Å². The molecule has 0 bridgehead atoms. The molecule has 36 nitrogen and oxygen atoms in total. The highest BCUT2D eigenvalue weighted by Crippen LogP contribution is 2.30. The maximum Gasteiger partial charge on any atom is 0.415 e. The molecule has 4 amide bonds. The Morgan fingerprint density at radius 1 is 0.489 bits per heavy atom. The molecule has 2 fully saturated rings. The fourth-order valence-corrected chi connectivity index (χ4v) is 13.3. The van der Waals surface area contributed by atoms with Gasteiger partial charge in [0, 0.05) is 114 Å². The van der Waals surface area contributed by atoms with Gasteiger partial charge in [-0.2, -0.15) is 23.6 Å². The van der Waals surface area contributed by atoms with Crippen LogP contribution in [0.2, 0.25) is 5.15 Å². The van der Waals surface area contributed by atoms with Gasteiger partial charge in [-0.05, 0) is 233 Å². The van der Waals surface area contributed by atoms with Gasteiger partial charge in [-0.3, -0.25) is 61.6 Å². The van der Waals surface area contributed by atoms with Gasteiger partial charge in [0.05, 0.1) is 44.9 Å². The van der Waals surface area contributed by atoms with Gasteiger partial charge >= 0.3 is 12.2 Å². The molecule has 0 saturated heterocycles. The Bertz CT molecular complexity index is 6550. The van der Waals surface area contributed by atoms with Crippen LogP contribution in [0.3, 0.4) is 0 Å². The van der Waals surface area contributed by atoms with Crippen LogP contribution in [0, 0.1) is 35.0 Å². The van der Waals surface area contributed by atoms with Crippen LogP contribution in [0.5, 0.6) is 0 Å². The minimum Gasteiger partial charge on any atom is -0.443 e. The summed E-state index contributed by atoms with van der Waals surface area (Å²) in [7, 11) is 6.37. The van der Waals surface area contributed by atoms with Gasteiger partial charge in [-0.25, -0.2) is 66.4 Å². The van der Waals surface area contributed by atoms with Crippen molar-refractivity contribution < 1.29 is 64.5 Å². The van der Waals surface area contributed by atoms with Crippen LogP contribution in [-0.2, 0) is 18.9 Å². The number of aromatic nitrogens is 16. The molecule has 14 aromatic rings. The number of ether oxygens (including phenoxy) is 4. The molecule has 4 atom stereocenters. The number of nitrogens with two attached hydrogens (primary N) is 2. The highest BCUT2D eigenvalue weighted by Gasteiger charge is 2.32. The van der Waals surface area contributed by atoms with Crippen LogP contribution < -0.4 is 65.0 Å². The first kappa shape index (κ1) is 101. The van der Waals surface area contributed by atoms with Crippen molar-refractivity contribution in [1.29, 1.82) is 0 Å². The van der Waals surface area contributed by atoms with Crippen LogP contribution in [0.1, 0.15) is 101 Å². The number of amides is 4. The maximum atomic E-state index is 14.4. The summed E-state index contributed by atoms with van der Waals surface area (Å²) in [6.07, 6.45) is 20.7. The van der Waals surface area contributed by atoms with Gasteiger partial charge in [-0.15, -0.1) is 0 Å². The number of rotatable bonds is 14. The van der Waals surface area contributed by atoms with Crippen molar-refractivity contribution in [2.75, 3.05) is 54.9 Å². The molecule has 2 aliphatic carbocycles. The van der Waals surface area contributed by atoms with Crippen molar-refractivity contribution in [3.63, 3.8) is 0 Å². The SMILES string of the molecule is CO[C@@H]1CCC(NC(=O)c2cnn3c(N(C)C(=O)OC(C)(C)C)cc(Cl)nc23)C1.CO[C@@H]1CCC(NC(=O)c2cnn3c(N(C)C(=O)OC(C)(C)C)cc(Nc4cccn(-c5ncccc5F)c4=O)nc23)C1.Fc1cccnc1F.Nc1cccn(-c2ncccc2F)c1=O.Nc1cccn(-c2ncccc2F)c1=O.O=c1[nH]cccc1Br.O=c1c(Br)cccn1-c1ncccc1F. The Morgan fingerprint density at radius 2 is 0.872 bits per heavy atom. The third-order valence-electron chi connectivity index (χ3n) is 18.9. The van der Waals surface area contributed by atoms with Crippen molar-refractivity contribution in [3.05, 3.63) is 320 Å². The molecule has 2 unspecified atom stereocenters. The lowest BCUT2D eigenvalue weighted by Gasteiger charge is -2.25. The predicted molar refractivity (Wildman–Crippen MR) is 490 cm³/mol. The zero-order valence-corrected chi connectivity index (χ0v) is 76.6. The Morgan fingerprint density at radius 3 is 1.25 bits per heavy atom. The van der Waals surface area contributed by atoms with Crippen molar-refractivity contribution in [1.82, 2.24) is 88.0 Å². The second-order valence-corrected chi connectivity index (χ2v) is 32.8. The Labute approximate surface area is 774 Å². The summed E-state index contributed by atoms with van der Waals surface area (Å²) < 4.78 is 108.